The number of piperidine rings is 1. The maximum absolute atomic E-state index is 12.3. The molecule has 0 radical (unpaired) electrons. The highest BCUT2D eigenvalue weighted by Gasteiger charge is 2.33. The molecule has 0 aromatic rings. The molecule has 0 aromatic heterocycles. The van der Waals surface area contributed by atoms with E-state index in [1.807, 2.05) is 4.90 Å². The molecule has 0 aromatic carbocycles. The predicted molar refractivity (Wildman–Crippen MR) is 67.3 cm³/mol. The Morgan fingerprint density at radius 2 is 1.89 bits per heavy atom. The molecule has 2 rings (SSSR count). The number of rotatable bonds is 2. The van der Waals surface area contributed by atoms with E-state index < -0.39 is 5.97 Å². The molecule has 2 atom stereocenters. The van der Waals surface area contributed by atoms with Gasteiger partial charge in [-0.1, -0.05) is 13.3 Å². The largest absolute Gasteiger partial charge is 0.481 e. The Morgan fingerprint density at radius 1 is 1.17 bits per heavy atom. The summed E-state index contributed by atoms with van der Waals surface area (Å²) in [6.07, 6.45) is 3.68. The molecule has 5 heteroatoms. The van der Waals surface area contributed by atoms with E-state index in [4.69, 9.17) is 5.11 Å². The number of carbonyl (C=O) groups is 2. The Kier molecular flexibility index (Phi) is 4.09. The molecule has 0 aliphatic carbocycles. The monoisotopic (exact) mass is 254 g/mol. The number of aliphatic carboxylic acids is 1. The predicted octanol–water partition coefficient (Wildman–Crippen LogP) is 1.63. The van der Waals surface area contributed by atoms with Gasteiger partial charge in [-0.25, -0.2) is 4.79 Å². The minimum Gasteiger partial charge on any atom is -0.481 e. The molecule has 0 spiro atoms. The third-order valence-electron chi connectivity index (χ3n) is 4.17. The molecule has 1 N–H and O–H groups in total. The maximum Gasteiger partial charge on any atom is 0.320 e. The highest BCUT2D eigenvalue weighted by Crippen LogP contribution is 2.23. The maximum atomic E-state index is 12.3. The molecule has 2 heterocycles. The van der Waals surface area contributed by atoms with Gasteiger partial charge in [0.1, 0.15) is 0 Å². The molecule has 2 aliphatic heterocycles. The lowest BCUT2D eigenvalue weighted by molar-refractivity contribution is -0.143. The van der Waals surface area contributed by atoms with Crippen LogP contribution in [0.3, 0.4) is 0 Å². The van der Waals surface area contributed by atoms with E-state index >= 15 is 0 Å². The van der Waals surface area contributed by atoms with Crippen molar-refractivity contribution in [2.24, 2.45) is 11.8 Å². The van der Waals surface area contributed by atoms with Gasteiger partial charge in [-0.2, -0.15) is 0 Å². The van der Waals surface area contributed by atoms with Crippen molar-refractivity contribution in [3.8, 4) is 0 Å². The number of nitrogens with zero attached hydrogens (tertiary/aromatic N) is 2. The summed E-state index contributed by atoms with van der Waals surface area (Å²) < 4.78 is 0. The molecule has 18 heavy (non-hydrogen) atoms. The molecule has 2 unspecified atom stereocenters. The number of hydrogen-bond donors (Lipinski definition) is 1. The van der Waals surface area contributed by atoms with Crippen molar-refractivity contribution in [2.75, 3.05) is 26.2 Å². The van der Waals surface area contributed by atoms with Crippen LogP contribution in [-0.4, -0.2) is 53.1 Å². The van der Waals surface area contributed by atoms with Gasteiger partial charge in [0.15, 0.2) is 0 Å². The minimum atomic E-state index is -0.777. The summed E-state index contributed by atoms with van der Waals surface area (Å²) in [5.41, 5.74) is 0. The number of urea groups is 1. The summed E-state index contributed by atoms with van der Waals surface area (Å²) in [6, 6.07) is 0.0388. The SMILES string of the molecule is CCC1CCN(C(=O)N2CCCC(C(=O)O)C2)C1. The van der Waals surface area contributed by atoms with E-state index in [1.165, 1.54) is 0 Å². The molecule has 5 nitrogen and oxygen atoms in total. The summed E-state index contributed by atoms with van der Waals surface area (Å²) in [7, 11) is 0. The van der Waals surface area contributed by atoms with Crippen molar-refractivity contribution in [1.82, 2.24) is 9.80 Å². The summed E-state index contributed by atoms with van der Waals surface area (Å²) in [5, 5.41) is 9.03. The topological polar surface area (TPSA) is 60.9 Å². The zero-order chi connectivity index (χ0) is 13.1. The number of carboxylic acid groups (broad SMARTS) is 1. The van der Waals surface area contributed by atoms with Crippen LogP contribution < -0.4 is 0 Å². The fourth-order valence-corrected chi connectivity index (χ4v) is 2.89. The molecule has 2 saturated heterocycles. The minimum absolute atomic E-state index is 0.0388. The van der Waals surface area contributed by atoms with Gasteiger partial charge in [0.05, 0.1) is 5.92 Å². The summed E-state index contributed by atoms with van der Waals surface area (Å²) in [5.74, 6) is -0.540. The van der Waals surface area contributed by atoms with E-state index in [0.717, 1.165) is 32.4 Å². The average Bonchev–Trinajstić information content (AvgIpc) is 2.86. The van der Waals surface area contributed by atoms with Crippen LogP contribution >= 0.6 is 0 Å². The first-order valence-corrected chi connectivity index (χ1v) is 6.88. The molecule has 0 saturated carbocycles. The second-order valence-electron chi connectivity index (χ2n) is 5.41. The smallest absolute Gasteiger partial charge is 0.320 e. The standard InChI is InChI=1S/C13H22N2O3/c1-2-10-5-7-15(8-10)13(18)14-6-3-4-11(9-14)12(16)17/h10-11H,2-9H2,1H3,(H,16,17). The van der Waals surface area contributed by atoms with Crippen LogP contribution in [0.1, 0.15) is 32.6 Å². The van der Waals surface area contributed by atoms with Crippen LogP contribution in [0.5, 0.6) is 0 Å². The quantitative estimate of drug-likeness (QED) is 0.814. The first kappa shape index (κ1) is 13.2. The van der Waals surface area contributed by atoms with Crippen LogP contribution in [0.15, 0.2) is 0 Å². The second kappa shape index (κ2) is 5.59. The Morgan fingerprint density at radius 3 is 2.50 bits per heavy atom. The van der Waals surface area contributed by atoms with E-state index in [0.29, 0.717) is 25.4 Å². The molecular formula is C13H22N2O3. The van der Waals surface area contributed by atoms with E-state index in [1.54, 1.807) is 4.90 Å². The van der Waals surface area contributed by atoms with Crippen LogP contribution in [0.4, 0.5) is 4.79 Å². The third-order valence-corrected chi connectivity index (χ3v) is 4.17. The lowest BCUT2D eigenvalue weighted by Gasteiger charge is -2.33. The number of amides is 2. The zero-order valence-corrected chi connectivity index (χ0v) is 11.0. The molecule has 102 valence electrons. The van der Waals surface area contributed by atoms with E-state index in [-0.39, 0.29) is 11.9 Å². The van der Waals surface area contributed by atoms with Crippen LogP contribution in [0, 0.1) is 11.8 Å². The van der Waals surface area contributed by atoms with Crippen molar-refractivity contribution in [1.29, 1.82) is 0 Å². The van der Waals surface area contributed by atoms with Crippen LogP contribution in [0.25, 0.3) is 0 Å². The zero-order valence-electron chi connectivity index (χ0n) is 11.0. The van der Waals surface area contributed by atoms with Gasteiger partial charge in [0.2, 0.25) is 0 Å². The fourth-order valence-electron chi connectivity index (χ4n) is 2.89. The first-order valence-electron chi connectivity index (χ1n) is 6.88. The highest BCUT2D eigenvalue weighted by molar-refractivity contribution is 5.77. The fraction of sp³-hybridized carbons (Fsp3) is 0.846. The lowest BCUT2D eigenvalue weighted by atomic mass is 9.99. The third kappa shape index (κ3) is 2.76. The molecule has 2 amide bonds. The Balaban J connectivity index is 1.91. The lowest BCUT2D eigenvalue weighted by Crippen LogP contribution is -2.48. The van der Waals surface area contributed by atoms with Gasteiger partial charge in [-0.15, -0.1) is 0 Å². The van der Waals surface area contributed by atoms with Crippen molar-refractivity contribution < 1.29 is 14.7 Å². The van der Waals surface area contributed by atoms with Gasteiger partial charge in [0, 0.05) is 26.2 Å². The van der Waals surface area contributed by atoms with Gasteiger partial charge < -0.3 is 14.9 Å². The highest BCUT2D eigenvalue weighted by atomic mass is 16.4. The number of carboxylic acids is 1. The van der Waals surface area contributed by atoms with E-state index in [2.05, 4.69) is 6.92 Å². The van der Waals surface area contributed by atoms with Crippen molar-refractivity contribution in [2.45, 2.75) is 32.6 Å². The summed E-state index contributed by atoms with van der Waals surface area (Å²) in [4.78, 5) is 26.9. The molecule has 2 aliphatic rings. The number of hydrogen-bond acceptors (Lipinski definition) is 2. The van der Waals surface area contributed by atoms with Crippen LogP contribution in [0.2, 0.25) is 0 Å². The summed E-state index contributed by atoms with van der Waals surface area (Å²) in [6.45, 7) is 4.90. The van der Waals surface area contributed by atoms with E-state index in [9.17, 15) is 9.59 Å². The second-order valence-corrected chi connectivity index (χ2v) is 5.41. The normalized spacial score (nSPS) is 28.5. The number of carbonyl (C=O) groups excluding carboxylic acids is 1. The number of likely N-dealkylation sites (tertiary alicyclic amines) is 2. The molecular weight excluding hydrogens is 232 g/mol. The Labute approximate surface area is 108 Å². The average molecular weight is 254 g/mol. The van der Waals surface area contributed by atoms with Gasteiger partial charge in [-0.3, -0.25) is 4.79 Å². The Bertz CT molecular complexity index is 332. The van der Waals surface area contributed by atoms with Crippen molar-refractivity contribution in [3.63, 3.8) is 0 Å². The van der Waals surface area contributed by atoms with Crippen molar-refractivity contribution >= 4 is 12.0 Å². The van der Waals surface area contributed by atoms with Crippen LogP contribution in [-0.2, 0) is 4.79 Å². The summed E-state index contributed by atoms with van der Waals surface area (Å²) >= 11 is 0. The Hall–Kier alpha value is -1.26. The van der Waals surface area contributed by atoms with Gasteiger partial charge >= 0.3 is 12.0 Å². The van der Waals surface area contributed by atoms with Crippen molar-refractivity contribution in [3.05, 3.63) is 0 Å². The molecule has 2 fully saturated rings. The first-order chi connectivity index (χ1) is 8.61. The van der Waals surface area contributed by atoms with Gasteiger partial charge in [0.25, 0.3) is 0 Å². The molecule has 0 bridgehead atoms. The van der Waals surface area contributed by atoms with Gasteiger partial charge in [-0.05, 0) is 25.2 Å².